The van der Waals surface area contributed by atoms with Crippen molar-refractivity contribution >= 4 is 29.2 Å². The van der Waals surface area contributed by atoms with Crippen molar-refractivity contribution in [2.45, 2.75) is 4.90 Å². The molecule has 1 aromatic carbocycles. The average Bonchev–Trinajstić information content (AvgIpc) is 2.48. The first kappa shape index (κ1) is 13.4. The Hall–Kier alpha value is -2.08. The van der Waals surface area contributed by atoms with Crippen LogP contribution in [0.15, 0.2) is 41.6 Å². The van der Waals surface area contributed by atoms with Gasteiger partial charge >= 0.3 is 5.97 Å². The Kier molecular flexibility index (Phi) is 4.35. The van der Waals surface area contributed by atoms with Crippen LogP contribution in [0.2, 0.25) is 0 Å². The fraction of sp³-hybridized carbons (Fsp3) is 0.154. The number of esters is 1. The van der Waals surface area contributed by atoms with Crippen LogP contribution >= 0.6 is 11.8 Å². The molecule has 0 radical (unpaired) electrons. The molecule has 0 aliphatic rings. The lowest BCUT2D eigenvalue weighted by atomic mass is 10.3. The van der Waals surface area contributed by atoms with E-state index in [0.717, 1.165) is 10.6 Å². The molecule has 0 saturated heterocycles. The normalized spacial score (nSPS) is 10.0. The number of ether oxygens (including phenoxy) is 1. The van der Waals surface area contributed by atoms with Gasteiger partial charge in [-0.3, -0.25) is 0 Å². The fourth-order valence-electron chi connectivity index (χ4n) is 1.49. The molecule has 0 aliphatic heterocycles. The highest BCUT2D eigenvalue weighted by atomic mass is 32.2. The van der Waals surface area contributed by atoms with Crippen LogP contribution in [0.4, 0.5) is 11.5 Å². The molecule has 98 valence electrons. The predicted molar refractivity (Wildman–Crippen MR) is 74.9 cm³/mol. The SMILES string of the molecule is COC(=O)c1cnc(Nc2ccccc2SC)cn1. The lowest BCUT2D eigenvalue weighted by Crippen LogP contribution is -2.05. The van der Waals surface area contributed by atoms with Crippen LogP contribution in [-0.4, -0.2) is 29.3 Å². The summed E-state index contributed by atoms with van der Waals surface area (Å²) < 4.78 is 4.57. The molecule has 0 amide bonds. The number of aromatic nitrogens is 2. The number of methoxy groups -OCH3 is 1. The molecule has 0 unspecified atom stereocenters. The standard InChI is InChI=1S/C13H13N3O2S/c1-18-13(17)10-7-15-12(8-14-10)16-9-5-3-4-6-11(9)19-2/h3-8H,1-2H3,(H,15,16). The van der Waals surface area contributed by atoms with E-state index in [2.05, 4.69) is 20.0 Å². The molecule has 1 N–H and O–H groups in total. The number of nitrogens with one attached hydrogen (secondary N) is 1. The number of nitrogens with zero attached hydrogens (tertiary/aromatic N) is 2. The third-order valence-electron chi connectivity index (χ3n) is 2.42. The van der Waals surface area contributed by atoms with Gasteiger partial charge in [0.2, 0.25) is 0 Å². The van der Waals surface area contributed by atoms with Crippen molar-refractivity contribution < 1.29 is 9.53 Å². The first-order chi connectivity index (χ1) is 9.24. The van der Waals surface area contributed by atoms with Crippen molar-refractivity contribution in [1.29, 1.82) is 0 Å². The number of benzene rings is 1. The molecule has 19 heavy (non-hydrogen) atoms. The topological polar surface area (TPSA) is 64.1 Å². The summed E-state index contributed by atoms with van der Waals surface area (Å²) in [5.74, 6) is 0.0812. The number of carbonyl (C=O) groups is 1. The number of carbonyl (C=O) groups excluding carboxylic acids is 1. The van der Waals surface area contributed by atoms with Gasteiger partial charge in [-0.25, -0.2) is 14.8 Å². The van der Waals surface area contributed by atoms with Crippen molar-refractivity contribution in [1.82, 2.24) is 9.97 Å². The van der Waals surface area contributed by atoms with Gasteiger partial charge in [0.25, 0.3) is 0 Å². The van der Waals surface area contributed by atoms with Crippen LogP contribution in [-0.2, 0) is 4.74 Å². The predicted octanol–water partition coefficient (Wildman–Crippen LogP) is 2.73. The third-order valence-corrected chi connectivity index (χ3v) is 3.21. The van der Waals surface area contributed by atoms with E-state index in [1.807, 2.05) is 30.5 Å². The molecule has 2 rings (SSSR count). The Morgan fingerprint density at radius 3 is 2.68 bits per heavy atom. The van der Waals surface area contributed by atoms with Gasteiger partial charge < -0.3 is 10.1 Å². The van der Waals surface area contributed by atoms with E-state index in [1.54, 1.807) is 11.8 Å². The van der Waals surface area contributed by atoms with Gasteiger partial charge in [0.1, 0.15) is 5.82 Å². The van der Waals surface area contributed by atoms with Gasteiger partial charge in [-0.1, -0.05) is 12.1 Å². The molecule has 6 heteroatoms. The van der Waals surface area contributed by atoms with Crippen LogP contribution in [0.25, 0.3) is 0 Å². The number of hydrogen-bond acceptors (Lipinski definition) is 6. The van der Waals surface area contributed by atoms with Crippen LogP contribution in [0.5, 0.6) is 0 Å². The fourth-order valence-corrected chi connectivity index (χ4v) is 2.04. The minimum Gasteiger partial charge on any atom is -0.464 e. The van der Waals surface area contributed by atoms with E-state index in [0.29, 0.717) is 5.82 Å². The summed E-state index contributed by atoms with van der Waals surface area (Å²) in [7, 11) is 1.31. The Bertz CT molecular complexity index is 572. The quantitative estimate of drug-likeness (QED) is 0.683. The molecule has 0 bridgehead atoms. The summed E-state index contributed by atoms with van der Waals surface area (Å²) in [6.07, 6.45) is 4.89. The number of rotatable bonds is 4. The number of thioether (sulfide) groups is 1. The van der Waals surface area contributed by atoms with E-state index in [4.69, 9.17) is 0 Å². The van der Waals surface area contributed by atoms with Gasteiger partial charge in [-0.2, -0.15) is 0 Å². The van der Waals surface area contributed by atoms with Crippen molar-refractivity contribution in [2.24, 2.45) is 0 Å². The van der Waals surface area contributed by atoms with E-state index in [-0.39, 0.29) is 5.69 Å². The molecule has 0 fully saturated rings. The Labute approximate surface area is 115 Å². The second-order valence-electron chi connectivity index (χ2n) is 3.60. The number of para-hydroxylation sites is 1. The molecular formula is C13H13N3O2S. The minimum atomic E-state index is -0.497. The van der Waals surface area contributed by atoms with Crippen molar-refractivity contribution in [3.05, 3.63) is 42.4 Å². The summed E-state index contributed by atoms with van der Waals surface area (Å²) >= 11 is 1.64. The number of anilines is 2. The number of hydrogen-bond donors (Lipinski definition) is 1. The van der Waals surface area contributed by atoms with E-state index >= 15 is 0 Å². The molecule has 1 aromatic heterocycles. The molecule has 0 atom stereocenters. The van der Waals surface area contributed by atoms with Crippen molar-refractivity contribution in [2.75, 3.05) is 18.7 Å². The van der Waals surface area contributed by atoms with Gasteiger partial charge in [0, 0.05) is 4.90 Å². The smallest absolute Gasteiger partial charge is 0.358 e. The maximum absolute atomic E-state index is 11.2. The molecule has 0 saturated carbocycles. The van der Waals surface area contributed by atoms with Crippen LogP contribution in [0.3, 0.4) is 0 Å². The Morgan fingerprint density at radius 2 is 2.05 bits per heavy atom. The highest BCUT2D eigenvalue weighted by Crippen LogP contribution is 2.26. The molecule has 2 aromatic rings. The van der Waals surface area contributed by atoms with Crippen LogP contribution in [0.1, 0.15) is 10.5 Å². The summed E-state index contributed by atoms with van der Waals surface area (Å²) in [4.78, 5) is 20.5. The average molecular weight is 275 g/mol. The van der Waals surface area contributed by atoms with E-state index < -0.39 is 5.97 Å². The first-order valence-electron chi connectivity index (χ1n) is 5.55. The van der Waals surface area contributed by atoms with Gasteiger partial charge in [0.05, 0.1) is 25.2 Å². The Balaban J connectivity index is 2.17. The zero-order valence-electron chi connectivity index (χ0n) is 10.6. The molecule has 0 spiro atoms. The summed E-state index contributed by atoms with van der Waals surface area (Å²) in [5.41, 5.74) is 1.14. The minimum absolute atomic E-state index is 0.186. The zero-order valence-corrected chi connectivity index (χ0v) is 11.4. The second-order valence-corrected chi connectivity index (χ2v) is 4.45. The zero-order chi connectivity index (χ0) is 13.7. The summed E-state index contributed by atoms with van der Waals surface area (Å²) in [6.45, 7) is 0. The molecule has 5 nitrogen and oxygen atoms in total. The van der Waals surface area contributed by atoms with Gasteiger partial charge in [-0.15, -0.1) is 11.8 Å². The molecule has 1 heterocycles. The van der Waals surface area contributed by atoms with Crippen molar-refractivity contribution in [3.8, 4) is 0 Å². The summed E-state index contributed by atoms with van der Waals surface area (Å²) in [5, 5.41) is 3.16. The largest absolute Gasteiger partial charge is 0.464 e. The monoisotopic (exact) mass is 275 g/mol. The Morgan fingerprint density at radius 1 is 1.26 bits per heavy atom. The maximum atomic E-state index is 11.2. The molecular weight excluding hydrogens is 262 g/mol. The van der Waals surface area contributed by atoms with Crippen LogP contribution in [0, 0.1) is 0 Å². The van der Waals surface area contributed by atoms with E-state index in [1.165, 1.54) is 19.5 Å². The first-order valence-corrected chi connectivity index (χ1v) is 6.77. The lowest BCUT2D eigenvalue weighted by molar-refractivity contribution is 0.0593. The maximum Gasteiger partial charge on any atom is 0.358 e. The van der Waals surface area contributed by atoms with Gasteiger partial charge in [-0.05, 0) is 18.4 Å². The van der Waals surface area contributed by atoms with Gasteiger partial charge in [0.15, 0.2) is 5.69 Å². The highest BCUT2D eigenvalue weighted by Gasteiger charge is 2.08. The van der Waals surface area contributed by atoms with Crippen LogP contribution < -0.4 is 5.32 Å². The highest BCUT2D eigenvalue weighted by molar-refractivity contribution is 7.98. The van der Waals surface area contributed by atoms with E-state index in [9.17, 15) is 4.79 Å². The second kappa shape index (κ2) is 6.19. The summed E-state index contributed by atoms with van der Waals surface area (Å²) in [6, 6.07) is 7.90. The lowest BCUT2D eigenvalue weighted by Gasteiger charge is -2.09. The van der Waals surface area contributed by atoms with Crippen molar-refractivity contribution in [3.63, 3.8) is 0 Å². The molecule has 0 aliphatic carbocycles. The third kappa shape index (κ3) is 3.23.